The average molecular weight is 286 g/mol. The van der Waals surface area contributed by atoms with Gasteiger partial charge in [-0.25, -0.2) is 13.2 Å². The van der Waals surface area contributed by atoms with Crippen molar-refractivity contribution in [3.05, 3.63) is 35.1 Å². The van der Waals surface area contributed by atoms with E-state index in [1.165, 1.54) is 4.90 Å². The van der Waals surface area contributed by atoms with Gasteiger partial charge in [0.15, 0.2) is 17.5 Å². The third-order valence-corrected chi connectivity index (χ3v) is 3.93. The van der Waals surface area contributed by atoms with Crippen molar-refractivity contribution in [2.75, 3.05) is 19.6 Å². The highest BCUT2D eigenvalue weighted by molar-refractivity contribution is 5.94. The molecular formula is C14H17F3N2O. The third kappa shape index (κ3) is 2.80. The molecule has 0 bridgehead atoms. The standard InChI is InChI=1S/C14H17F3N2O/c1-8-2-3-19(7-10(8)6-18)14(20)9-4-11(15)13(17)12(16)5-9/h4-5,8,10H,2-3,6-7,18H2,1H3. The highest BCUT2D eigenvalue weighted by Crippen LogP contribution is 2.24. The Morgan fingerprint density at radius 3 is 2.50 bits per heavy atom. The molecule has 110 valence electrons. The van der Waals surface area contributed by atoms with E-state index < -0.39 is 23.4 Å². The summed E-state index contributed by atoms with van der Waals surface area (Å²) in [5.41, 5.74) is 5.48. The number of nitrogens with zero attached hydrogens (tertiary/aromatic N) is 1. The summed E-state index contributed by atoms with van der Waals surface area (Å²) in [5, 5.41) is 0. The van der Waals surface area contributed by atoms with Crippen LogP contribution in [0.25, 0.3) is 0 Å². The van der Waals surface area contributed by atoms with E-state index in [2.05, 4.69) is 6.92 Å². The fourth-order valence-electron chi connectivity index (χ4n) is 2.50. The van der Waals surface area contributed by atoms with E-state index in [1.807, 2.05) is 0 Å². The second-order valence-corrected chi connectivity index (χ2v) is 5.27. The second kappa shape index (κ2) is 5.83. The summed E-state index contributed by atoms with van der Waals surface area (Å²) in [4.78, 5) is 13.7. The summed E-state index contributed by atoms with van der Waals surface area (Å²) < 4.78 is 39.2. The van der Waals surface area contributed by atoms with Crippen LogP contribution in [0.1, 0.15) is 23.7 Å². The molecule has 2 rings (SSSR count). The van der Waals surface area contributed by atoms with Crippen molar-refractivity contribution in [3.63, 3.8) is 0 Å². The number of rotatable bonds is 2. The van der Waals surface area contributed by atoms with E-state index >= 15 is 0 Å². The van der Waals surface area contributed by atoms with Crippen LogP contribution < -0.4 is 5.73 Å². The Balaban J connectivity index is 2.19. The molecule has 0 aliphatic carbocycles. The van der Waals surface area contributed by atoms with Crippen molar-refractivity contribution in [2.24, 2.45) is 17.6 Å². The minimum atomic E-state index is -1.56. The zero-order chi connectivity index (χ0) is 14.9. The van der Waals surface area contributed by atoms with Gasteiger partial charge in [-0.05, 0) is 36.9 Å². The number of hydrogen-bond donors (Lipinski definition) is 1. The van der Waals surface area contributed by atoms with Gasteiger partial charge in [0.25, 0.3) is 5.91 Å². The van der Waals surface area contributed by atoms with Crippen molar-refractivity contribution < 1.29 is 18.0 Å². The summed E-state index contributed by atoms with van der Waals surface area (Å²) in [7, 11) is 0. The van der Waals surface area contributed by atoms with Crippen LogP contribution in [0.5, 0.6) is 0 Å². The van der Waals surface area contributed by atoms with Gasteiger partial charge in [-0.2, -0.15) is 0 Å². The Bertz CT molecular complexity index is 498. The van der Waals surface area contributed by atoms with Crippen molar-refractivity contribution in [3.8, 4) is 0 Å². The molecule has 1 aliphatic rings. The summed E-state index contributed by atoms with van der Waals surface area (Å²) in [6.07, 6.45) is 0.791. The molecule has 1 fully saturated rings. The van der Waals surface area contributed by atoms with E-state index in [9.17, 15) is 18.0 Å². The SMILES string of the molecule is CC1CCN(C(=O)c2cc(F)c(F)c(F)c2)CC1CN. The Morgan fingerprint density at radius 2 is 1.95 bits per heavy atom. The molecule has 6 heteroatoms. The number of benzene rings is 1. The lowest BCUT2D eigenvalue weighted by Gasteiger charge is -2.36. The van der Waals surface area contributed by atoms with Gasteiger partial charge in [-0.1, -0.05) is 6.92 Å². The zero-order valence-corrected chi connectivity index (χ0v) is 11.2. The van der Waals surface area contributed by atoms with Gasteiger partial charge in [0.1, 0.15) is 0 Å². The molecule has 0 aromatic heterocycles. The van der Waals surface area contributed by atoms with E-state index in [4.69, 9.17) is 5.73 Å². The lowest BCUT2D eigenvalue weighted by Crippen LogP contribution is -2.45. The first kappa shape index (κ1) is 14.8. The average Bonchev–Trinajstić information content (AvgIpc) is 2.44. The molecule has 1 aromatic carbocycles. The molecule has 0 radical (unpaired) electrons. The molecule has 0 spiro atoms. The van der Waals surface area contributed by atoms with Crippen LogP contribution in [0.2, 0.25) is 0 Å². The molecule has 1 aromatic rings. The molecule has 1 amide bonds. The molecule has 1 saturated heterocycles. The molecule has 2 N–H and O–H groups in total. The monoisotopic (exact) mass is 286 g/mol. The maximum atomic E-state index is 13.2. The maximum absolute atomic E-state index is 13.2. The molecule has 1 heterocycles. The molecular weight excluding hydrogens is 269 g/mol. The lowest BCUT2D eigenvalue weighted by atomic mass is 9.87. The van der Waals surface area contributed by atoms with Gasteiger partial charge >= 0.3 is 0 Å². The van der Waals surface area contributed by atoms with Gasteiger partial charge in [0.05, 0.1) is 0 Å². The van der Waals surface area contributed by atoms with Crippen molar-refractivity contribution in [1.29, 1.82) is 0 Å². The Kier molecular flexibility index (Phi) is 4.32. The number of nitrogens with two attached hydrogens (primary N) is 1. The summed E-state index contributed by atoms with van der Waals surface area (Å²) in [6, 6.07) is 1.46. The van der Waals surface area contributed by atoms with Crippen LogP contribution in [0.15, 0.2) is 12.1 Å². The van der Waals surface area contributed by atoms with Crippen LogP contribution >= 0.6 is 0 Å². The Labute approximate surface area is 115 Å². The van der Waals surface area contributed by atoms with Gasteiger partial charge in [-0.3, -0.25) is 4.79 Å². The predicted molar refractivity (Wildman–Crippen MR) is 68.5 cm³/mol. The van der Waals surface area contributed by atoms with Gasteiger partial charge in [0.2, 0.25) is 0 Å². The number of piperidine rings is 1. The summed E-state index contributed by atoms with van der Waals surface area (Å²) in [6.45, 7) is 3.49. The van der Waals surface area contributed by atoms with Crippen LogP contribution in [0.4, 0.5) is 13.2 Å². The van der Waals surface area contributed by atoms with E-state index in [0.29, 0.717) is 25.6 Å². The summed E-state index contributed by atoms with van der Waals surface area (Å²) >= 11 is 0. The number of carbonyl (C=O) groups excluding carboxylic acids is 1. The van der Waals surface area contributed by atoms with Gasteiger partial charge in [-0.15, -0.1) is 0 Å². The largest absolute Gasteiger partial charge is 0.338 e. The molecule has 2 atom stereocenters. The van der Waals surface area contributed by atoms with Crippen LogP contribution in [-0.2, 0) is 0 Å². The third-order valence-electron chi connectivity index (χ3n) is 3.93. The fourth-order valence-corrected chi connectivity index (χ4v) is 2.50. The van der Waals surface area contributed by atoms with Crippen molar-refractivity contribution in [2.45, 2.75) is 13.3 Å². The van der Waals surface area contributed by atoms with E-state index in [1.54, 1.807) is 0 Å². The fraction of sp³-hybridized carbons (Fsp3) is 0.500. The van der Waals surface area contributed by atoms with Gasteiger partial charge in [0, 0.05) is 18.7 Å². The quantitative estimate of drug-likeness (QED) is 0.847. The number of carbonyl (C=O) groups is 1. The first-order valence-electron chi connectivity index (χ1n) is 6.58. The minimum Gasteiger partial charge on any atom is -0.338 e. The van der Waals surface area contributed by atoms with Crippen molar-refractivity contribution >= 4 is 5.91 Å². The zero-order valence-electron chi connectivity index (χ0n) is 11.2. The number of likely N-dealkylation sites (tertiary alicyclic amines) is 1. The Hall–Kier alpha value is -1.56. The Morgan fingerprint density at radius 1 is 1.35 bits per heavy atom. The highest BCUT2D eigenvalue weighted by Gasteiger charge is 2.29. The van der Waals surface area contributed by atoms with Crippen LogP contribution in [0.3, 0.4) is 0 Å². The van der Waals surface area contributed by atoms with Gasteiger partial charge < -0.3 is 10.6 Å². The normalized spacial score (nSPS) is 22.9. The molecule has 1 aliphatic heterocycles. The topological polar surface area (TPSA) is 46.3 Å². The molecule has 2 unspecified atom stereocenters. The van der Waals surface area contributed by atoms with Crippen LogP contribution in [0, 0.1) is 29.3 Å². The number of amides is 1. The van der Waals surface area contributed by atoms with E-state index in [-0.39, 0.29) is 11.5 Å². The first-order chi connectivity index (χ1) is 9.43. The molecule has 0 saturated carbocycles. The molecule has 3 nitrogen and oxygen atoms in total. The smallest absolute Gasteiger partial charge is 0.254 e. The molecule has 20 heavy (non-hydrogen) atoms. The second-order valence-electron chi connectivity index (χ2n) is 5.27. The summed E-state index contributed by atoms with van der Waals surface area (Å²) in [5.74, 6) is -4.18. The van der Waals surface area contributed by atoms with Crippen molar-refractivity contribution in [1.82, 2.24) is 4.90 Å². The van der Waals surface area contributed by atoms with E-state index in [0.717, 1.165) is 18.6 Å². The number of hydrogen-bond acceptors (Lipinski definition) is 2. The predicted octanol–water partition coefficient (Wildman–Crippen LogP) is 2.16. The lowest BCUT2D eigenvalue weighted by molar-refractivity contribution is 0.0617. The first-order valence-corrected chi connectivity index (χ1v) is 6.58. The van der Waals surface area contributed by atoms with Crippen LogP contribution in [-0.4, -0.2) is 30.4 Å². The maximum Gasteiger partial charge on any atom is 0.254 e. The number of halogens is 3. The highest BCUT2D eigenvalue weighted by atomic mass is 19.2. The minimum absolute atomic E-state index is 0.169.